The van der Waals surface area contributed by atoms with Crippen molar-refractivity contribution >= 4 is 11.4 Å². The van der Waals surface area contributed by atoms with Crippen molar-refractivity contribution in [3.8, 4) is 11.1 Å². The zero-order valence-electron chi connectivity index (χ0n) is 12.7. The molecule has 0 atom stereocenters. The summed E-state index contributed by atoms with van der Waals surface area (Å²) < 4.78 is 161. The lowest BCUT2D eigenvalue weighted by molar-refractivity contribution is -0.143. The summed E-state index contributed by atoms with van der Waals surface area (Å²) in [5, 5.41) is 0. The Balaban J connectivity index is 3.15. The summed E-state index contributed by atoms with van der Waals surface area (Å²) in [5.74, 6) is -16.6. The number of hydrogen-bond donors (Lipinski definition) is 2. The molecule has 0 radical (unpaired) electrons. The van der Waals surface area contributed by atoms with Crippen LogP contribution in [0, 0.1) is 34.9 Å². The van der Waals surface area contributed by atoms with Gasteiger partial charge in [-0.3, -0.25) is 0 Å². The smallest absolute Gasteiger partial charge is 0.394 e. The van der Waals surface area contributed by atoms with Gasteiger partial charge in [-0.15, -0.1) is 0 Å². The van der Waals surface area contributed by atoms with Crippen LogP contribution in [0.15, 0.2) is 0 Å². The van der Waals surface area contributed by atoms with Crippen LogP contribution in [0.25, 0.3) is 11.1 Å². The summed E-state index contributed by atoms with van der Waals surface area (Å²) in [6.45, 7) is 0. The number of hydrogen-bond acceptors (Lipinski definition) is 2. The fourth-order valence-corrected chi connectivity index (χ4v) is 2.30. The summed E-state index contributed by atoms with van der Waals surface area (Å²) in [6.07, 6.45) is -11.9. The first-order chi connectivity index (χ1) is 12.5. The number of alkyl halides is 6. The first-order valence-corrected chi connectivity index (χ1v) is 6.60. The van der Waals surface area contributed by atoms with Gasteiger partial charge in [0.2, 0.25) is 0 Å². The van der Waals surface area contributed by atoms with Crippen LogP contribution in [0.3, 0.4) is 0 Å². The van der Waals surface area contributed by atoms with E-state index < -0.39 is 80.9 Å². The third-order valence-electron chi connectivity index (χ3n) is 3.52. The molecule has 0 bridgehead atoms. The largest absolute Gasteiger partial charge is 0.422 e. The number of nitrogen functional groups attached to an aromatic ring is 2. The number of anilines is 2. The van der Waals surface area contributed by atoms with Crippen LogP contribution >= 0.6 is 0 Å². The molecule has 28 heavy (non-hydrogen) atoms. The van der Waals surface area contributed by atoms with Gasteiger partial charge >= 0.3 is 12.4 Å². The molecule has 14 heteroatoms. The van der Waals surface area contributed by atoms with Crippen LogP contribution < -0.4 is 11.5 Å². The summed E-state index contributed by atoms with van der Waals surface area (Å²) in [6, 6.07) is 0. The average Bonchev–Trinajstić information content (AvgIpc) is 2.51. The van der Waals surface area contributed by atoms with E-state index in [9.17, 15) is 52.7 Å². The molecule has 0 unspecified atom stereocenters. The molecule has 2 nitrogen and oxygen atoms in total. The number of benzene rings is 2. The Bertz CT molecular complexity index is 895. The predicted molar refractivity (Wildman–Crippen MR) is 70.5 cm³/mol. The maximum Gasteiger partial charge on any atom is 0.422 e. The third-order valence-corrected chi connectivity index (χ3v) is 3.52. The van der Waals surface area contributed by atoms with E-state index in [-0.39, 0.29) is 0 Å². The van der Waals surface area contributed by atoms with Gasteiger partial charge < -0.3 is 11.5 Å². The molecule has 0 heterocycles. The van der Waals surface area contributed by atoms with Crippen LogP contribution in [0.5, 0.6) is 0 Å². The molecule has 0 saturated heterocycles. The highest BCUT2D eigenvalue weighted by molar-refractivity contribution is 5.76. The molecule has 0 saturated carbocycles. The number of rotatable bonds is 1. The van der Waals surface area contributed by atoms with Crippen LogP contribution in [0.1, 0.15) is 11.1 Å². The molecule has 2 aromatic carbocycles. The Morgan fingerprint density at radius 3 is 0.893 bits per heavy atom. The molecule has 2 rings (SSSR count). The number of nitrogens with two attached hydrogens (primary N) is 2. The molecule has 0 aliphatic heterocycles. The first-order valence-electron chi connectivity index (χ1n) is 6.60. The van der Waals surface area contributed by atoms with Crippen molar-refractivity contribution in [3.05, 3.63) is 46.0 Å². The van der Waals surface area contributed by atoms with Crippen molar-refractivity contribution in [2.75, 3.05) is 11.5 Å². The number of halogens is 12. The Kier molecular flexibility index (Phi) is 4.90. The van der Waals surface area contributed by atoms with Gasteiger partial charge in [-0.2, -0.15) is 26.3 Å². The topological polar surface area (TPSA) is 52.0 Å². The molecule has 0 aromatic heterocycles. The van der Waals surface area contributed by atoms with Crippen molar-refractivity contribution in [1.82, 2.24) is 0 Å². The van der Waals surface area contributed by atoms with Crippen molar-refractivity contribution in [3.63, 3.8) is 0 Å². The molecule has 0 amide bonds. The van der Waals surface area contributed by atoms with Crippen molar-refractivity contribution in [2.24, 2.45) is 0 Å². The maximum atomic E-state index is 14.2. The van der Waals surface area contributed by atoms with E-state index in [1.807, 2.05) is 0 Å². The van der Waals surface area contributed by atoms with Gasteiger partial charge in [0, 0.05) is 0 Å². The fourth-order valence-electron chi connectivity index (χ4n) is 2.30. The molecule has 0 fully saturated rings. The van der Waals surface area contributed by atoms with Crippen LogP contribution in [0.2, 0.25) is 0 Å². The van der Waals surface area contributed by atoms with E-state index in [0.717, 1.165) is 0 Å². The van der Waals surface area contributed by atoms with Crippen LogP contribution in [0.4, 0.5) is 64.1 Å². The quantitative estimate of drug-likeness (QED) is 0.473. The lowest BCUT2D eigenvalue weighted by Crippen LogP contribution is -2.19. The second-order valence-electron chi connectivity index (χ2n) is 5.21. The third kappa shape index (κ3) is 3.05. The fraction of sp³-hybridized carbons (Fsp3) is 0.143. The lowest BCUT2D eigenvalue weighted by Gasteiger charge is -2.19. The van der Waals surface area contributed by atoms with Crippen molar-refractivity contribution in [2.45, 2.75) is 12.4 Å². The van der Waals surface area contributed by atoms with E-state index in [1.54, 1.807) is 0 Å². The SMILES string of the molecule is Nc1c(F)c(-c2c(F)c(N)c(F)c(C(F)(F)F)c2F)c(F)c(C(F)(F)F)c1F. The standard InChI is InChI=1S/C14H4F12N2/c15-5-1(7(17)11(27)9(19)3(5)13(21,22)23)2-6(16)4(14(24,25)26)10(20)12(28)8(2)18/h27-28H2. The first kappa shape index (κ1) is 21.5. The van der Waals surface area contributed by atoms with Crippen LogP contribution in [-0.2, 0) is 12.4 Å². The summed E-state index contributed by atoms with van der Waals surface area (Å²) >= 11 is 0. The Morgan fingerprint density at radius 1 is 0.429 bits per heavy atom. The summed E-state index contributed by atoms with van der Waals surface area (Å²) in [7, 11) is 0. The van der Waals surface area contributed by atoms with Gasteiger partial charge in [-0.05, 0) is 0 Å². The molecular formula is C14H4F12N2. The van der Waals surface area contributed by atoms with E-state index in [2.05, 4.69) is 11.5 Å². The molecule has 4 N–H and O–H groups in total. The van der Waals surface area contributed by atoms with Gasteiger partial charge in [0.25, 0.3) is 0 Å². The minimum absolute atomic E-state index is 2.10. The van der Waals surface area contributed by atoms with Gasteiger partial charge in [0.1, 0.15) is 34.1 Å². The maximum absolute atomic E-state index is 14.2. The highest BCUT2D eigenvalue weighted by Gasteiger charge is 2.45. The van der Waals surface area contributed by atoms with Crippen molar-refractivity contribution < 1.29 is 52.7 Å². The highest BCUT2D eigenvalue weighted by Crippen LogP contribution is 2.46. The molecule has 2 aromatic rings. The van der Waals surface area contributed by atoms with E-state index in [0.29, 0.717) is 0 Å². The molecule has 0 spiro atoms. The van der Waals surface area contributed by atoms with E-state index in [1.165, 1.54) is 0 Å². The normalized spacial score (nSPS) is 12.6. The second kappa shape index (κ2) is 6.38. The average molecular weight is 428 g/mol. The van der Waals surface area contributed by atoms with Gasteiger partial charge in [0.05, 0.1) is 11.1 Å². The molecular weight excluding hydrogens is 424 g/mol. The minimum atomic E-state index is -5.93. The lowest BCUT2D eigenvalue weighted by atomic mass is 9.95. The Labute approximate surface area is 146 Å². The molecule has 0 aliphatic rings. The van der Waals surface area contributed by atoms with Gasteiger partial charge in [-0.25, -0.2) is 26.3 Å². The predicted octanol–water partition coefficient (Wildman–Crippen LogP) is 5.39. The van der Waals surface area contributed by atoms with Crippen LogP contribution in [-0.4, -0.2) is 0 Å². The summed E-state index contributed by atoms with van der Waals surface area (Å²) in [4.78, 5) is 0. The zero-order valence-corrected chi connectivity index (χ0v) is 12.7. The van der Waals surface area contributed by atoms with Crippen molar-refractivity contribution in [1.29, 1.82) is 0 Å². The monoisotopic (exact) mass is 428 g/mol. The Morgan fingerprint density at radius 2 is 0.679 bits per heavy atom. The van der Waals surface area contributed by atoms with Gasteiger partial charge in [0.15, 0.2) is 23.3 Å². The van der Waals surface area contributed by atoms with E-state index in [4.69, 9.17) is 0 Å². The second-order valence-corrected chi connectivity index (χ2v) is 5.21. The van der Waals surface area contributed by atoms with E-state index >= 15 is 0 Å². The zero-order chi connectivity index (χ0) is 21.9. The highest BCUT2D eigenvalue weighted by atomic mass is 19.4. The molecule has 154 valence electrons. The minimum Gasteiger partial charge on any atom is -0.394 e. The Hall–Kier alpha value is -2.80. The molecule has 0 aliphatic carbocycles. The van der Waals surface area contributed by atoms with Gasteiger partial charge in [-0.1, -0.05) is 0 Å². The summed E-state index contributed by atoms with van der Waals surface area (Å²) in [5.41, 5.74) is -5.58.